The van der Waals surface area contributed by atoms with Crippen LogP contribution in [0, 0.1) is 5.92 Å². The second-order valence-electron chi connectivity index (χ2n) is 7.21. The lowest BCUT2D eigenvalue weighted by molar-refractivity contribution is 0.00380. The molecule has 1 aliphatic carbocycles. The molecular weight excluding hydrogens is 306 g/mol. The van der Waals surface area contributed by atoms with E-state index in [9.17, 15) is 5.11 Å². The predicted molar refractivity (Wildman–Crippen MR) is 92.3 cm³/mol. The molecule has 1 aromatic carbocycles. The van der Waals surface area contributed by atoms with Gasteiger partial charge < -0.3 is 24.2 Å². The van der Waals surface area contributed by atoms with E-state index in [1.807, 2.05) is 18.2 Å². The molecule has 1 heterocycles. The van der Waals surface area contributed by atoms with Crippen LogP contribution in [0.15, 0.2) is 18.2 Å². The molecule has 1 aliphatic heterocycles. The second-order valence-corrected chi connectivity index (χ2v) is 7.21. The number of fused-ring (bicyclic) bond motifs is 1. The highest BCUT2D eigenvalue weighted by molar-refractivity contribution is 5.44. The van der Waals surface area contributed by atoms with Crippen molar-refractivity contribution in [3.8, 4) is 11.5 Å². The van der Waals surface area contributed by atoms with Crippen molar-refractivity contribution in [1.82, 2.24) is 4.90 Å². The number of hydrogen-bond donors (Lipinski definition) is 1. The fourth-order valence-corrected chi connectivity index (χ4v) is 3.56. The van der Waals surface area contributed by atoms with Crippen LogP contribution in [-0.4, -0.2) is 49.1 Å². The summed E-state index contributed by atoms with van der Waals surface area (Å²) in [6.07, 6.45) is 4.62. The van der Waals surface area contributed by atoms with E-state index in [1.165, 1.54) is 25.7 Å². The summed E-state index contributed by atoms with van der Waals surface area (Å²) >= 11 is 0. The molecule has 0 amide bonds. The van der Waals surface area contributed by atoms with Gasteiger partial charge in [-0.15, -0.1) is 0 Å². The zero-order valence-electron chi connectivity index (χ0n) is 14.7. The summed E-state index contributed by atoms with van der Waals surface area (Å²) in [5.41, 5.74) is 1.03. The quantitative estimate of drug-likeness (QED) is 0.830. The first-order valence-electron chi connectivity index (χ1n) is 8.96. The maximum atomic E-state index is 10.2. The molecule has 1 N–H and O–H groups in total. The summed E-state index contributed by atoms with van der Waals surface area (Å²) in [6, 6.07) is 6.40. The van der Waals surface area contributed by atoms with Crippen LogP contribution in [0.4, 0.5) is 0 Å². The topological polar surface area (TPSA) is 51.2 Å². The zero-order valence-corrected chi connectivity index (χ0v) is 14.7. The van der Waals surface area contributed by atoms with Crippen LogP contribution in [-0.2, 0) is 11.3 Å². The van der Waals surface area contributed by atoms with E-state index < -0.39 is 6.10 Å². The Labute approximate surface area is 144 Å². The fraction of sp³-hybridized carbons (Fsp3) is 0.684. The Hall–Kier alpha value is -1.30. The van der Waals surface area contributed by atoms with Crippen LogP contribution in [0.3, 0.4) is 0 Å². The van der Waals surface area contributed by atoms with Crippen molar-refractivity contribution in [2.45, 2.75) is 51.4 Å². The van der Waals surface area contributed by atoms with E-state index in [2.05, 4.69) is 18.9 Å². The Morgan fingerprint density at radius 3 is 2.75 bits per heavy atom. The molecule has 5 heteroatoms. The van der Waals surface area contributed by atoms with Gasteiger partial charge in [-0.1, -0.05) is 13.0 Å². The molecule has 3 rings (SSSR count). The third-order valence-electron chi connectivity index (χ3n) is 5.12. The van der Waals surface area contributed by atoms with Gasteiger partial charge in [-0.2, -0.15) is 0 Å². The van der Waals surface area contributed by atoms with Gasteiger partial charge in [0.25, 0.3) is 0 Å². The van der Waals surface area contributed by atoms with Gasteiger partial charge in [-0.3, -0.25) is 0 Å². The van der Waals surface area contributed by atoms with Gasteiger partial charge in [0.2, 0.25) is 6.79 Å². The van der Waals surface area contributed by atoms with E-state index in [0.717, 1.165) is 23.0 Å². The number of rotatable bonds is 7. The van der Waals surface area contributed by atoms with Crippen LogP contribution in [0.25, 0.3) is 0 Å². The maximum absolute atomic E-state index is 10.2. The molecule has 24 heavy (non-hydrogen) atoms. The van der Waals surface area contributed by atoms with E-state index in [4.69, 9.17) is 14.2 Å². The number of ether oxygens (including phenoxy) is 3. The van der Waals surface area contributed by atoms with E-state index in [-0.39, 0.29) is 6.79 Å². The van der Waals surface area contributed by atoms with E-state index >= 15 is 0 Å². The molecule has 0 saturated heterocycles. The molecule has 5 nitrogen and oxygen atoms in total. The zero-order chi connectivity index (χ0) is 16.9. The van der Waals surface area contributed by atoms with Crippen molar-refractivity contribution < 1.29 is 19.3 Å². The Morgan fingerprint density at radius 1 is 1.21 bits per heavy atom. The summed E-state index contributed by atoms with van der Waals surface area (Å²) in [5.74, 6) is 2.40. The lowest BCUT2D eigenvalue weighted by Gasteiger charge is -2.34. The van der Waals surface area contributed by atoms with Gasteiger partial charge in [0, 0.05) is 12.6 Å². The van der Waals surface area contributed by atoms with Crippen LogP contribution >= 0.6 is 0 Å². The Morgan fingerprint density at radius 2 is 1.96 bits per heavy atom. The standard InChI is InChI=1S/C19H29NO4/c1-14-3-6-16(7-4-14)20(2)10-17(21)12-22-11-15-5-8-18-19(9-15)24-13-23-18/h5,8-9,14,16-17,21H,3-4,6-7,10-13H2,1-2H3. The van der Waals surface area contributed by atoms with Gasteiger partial charge in [0.05, 0.1) is 19.3 Å². The average Bonchev–Trinajstić information content (AvgIpc) is 3.03. The average molecular weight is 335 g/mol. The molecule has 1 aromatic rings. The van der Waals surface area contributed by atoms with Crippen LogP contribution in [0.2, 0.25) is 0 Å². The van der Waals surface area contributed by atoms with Crippen LogP contribution < -0.4 is 9.47 Å². The van der Waals surface area contributed by atoms with Gasteiger partial charge in [-0.05, 0) is 56.3 Å². The predicted octanol–water partition coefficient (Wildman–Crippen LogP) is 2.80. The summed E-state index contributed by atoms with van der Waals surface area (Å²) in [5, 5.41) is 10.2. The van der Waals surface area contributed by atoms with Crippen molar-refractivity contribution >= 4 is 0 Å². The number of likely N-dealkylation sites (N-methyl/N-ethyl adjacent to an activating group) is 1. The molecule has 0 radical (unpaired) electrons. The van der Waals surface area contributed by atoms with Crippen LogP contribution in [0.5, 0.6) is 11.5 Å². The molecule has 0 aromatic heterocycles. The molecule has 0 bridgehead atoms. The number of aliphatic hydroxyl groups excluding tert-OH is 1. The van der Waals surface area contributed by atoms with Crippen molar-refractivity contribution in [3.63, 3.8) is 0 Å². The minimum atomic E-state index is -0.455. The van der Waals surface area contributed by atoms with Gasteiger partial charge in [0.1, 0.15) is 0 Å². The summed E-state index contributed by atoms with van der Waals surface area (Å²) < 4.78 is 16.3. The highest BCUT2D eigenvalue weighted by Gasteiger charge is 2.23. The Bertz CT molecular complexity index is 528. The van der Waals surface area contributed by atoms with Gasteiger partial charge in [0.15, 0.2) is 11.5 Å². The minimum absolute atomic E-state index is 0.282. The highest BCUT2D eigenvalue weighted by Crippen LogP contribution is 2.32. The van der Waals surface area contributed by atoms with Crippen molar-refractivity contribution in [2.75, 3.05) is 27.0 Å². The minimum Gasteiger partial charge on any atom is -0.454 e. The molecule has 134 valence electrons. The van der Waals surface area contributed by atoms with Gasteiger partial charge >= 0.3 is 0 Å². The first-order chi connectivity index (χ1) is 11.6. The maximum Gasteiger partial charge on any atom is 0.231 e. The molecule has 0 spiro atoms. The molecule has 1 fully saturated rings. The van der Waals surface area contributed by atoms with Crippen molar-refractivity contribution in [2.24, 2.45) is 5.92 Å². The number of hydrogen-bond acceptors (Lipinski definition) is 5. The lowest BCUT2D eigenvalue weighted by atomic mass is 9.87. The Balaban J connectivity index is 1.37. The summed E-state index contributed by atoms with van der Waals surface area (Å²) in [4.78, 5) is 2.29. The molecule has 1 saturated carbocycles. The summed E-state index contributed by atoms with van der Waals surface area (Å²) in [7, 11) is 2.11. The number of benzene rings is 1. The third kappa shape index (κ3) is 4.62. The monoisotopic (exact) mass is 335 g/mol. The van der Waals surface area contributed by atoms with E-state index in [1.54, 1.807) is 0 Å². The molecule has 1 unspecified atom stereocenters. The number of nitrogens with zero attached hydrogens (tertiary/aromatic N) is 1. The first kappa shape index (κ1) is 17.5. The van der Waals surface area contributed by atoms with Gasteiger partial charge in [-0.25, -0.2) is 0 Å². The first-order valence-corrected chi connectivity index (χ1v) is 8.96. The van der Waals surface area contributed by atoms with Crippen molar-refractivity contribution in [3.05, 3.63) is 23.8 Å². The third-order valence-corrected chi connectivity index (χ3v) is 5.12. The van der Waals surface area contributed by atoms with E-state index in [0.29, 0.717) is 25.8 Å². The highest BCUT2D eigenvalue weighted by atomic mass is 16.7. The molecular formula is C19H29NO4. The van der Waals surface area contributed by atoms with Crippen molar-refractivity contribution in [1.29, 1.82) is 0 Å². The molecule has 2 aliphatic rings. The summed E-state index contributed by atoms with van der Waals surface area (Å²) in [6.45, 7) is 4.10. The van der Waals surface area contributed by atoms with Crippen LogP contribution in [0.1, 0.15) is 38.2 Å². The Kier molecular flexibility index (Phi) is 5.98. The lowest BCUT2D eigenvalue weighted by Crippen LogP contribution is -2.40. The number of aliphatic hydroxyl groups is 1. The fourth-order valence-electron chi connectivity index (χ4n) is 3.56. The normalized spacial score (nSPS) is 24.3. The SMILES string of the molecule is CC1CCC(N(C)CC(O)COCc2ccc3c(c2)OCO3)CC1. The smallest absolute Gasteiger partial charge is 0.231 e. The second kappa shape index (κ2) is 8.19. The molecule has 1 atom stereocenters. The largest absolute Gasteiger partial charge is 0.454 e.